The van der Waals surface area contributed by atoms with E-state index in [4.69, 9.17) is 9.73 Å². The largest absolute Gasteiger partial charge is 0.381 e. The van der Waals surface area contributed by atoms with E-state index in [0.717, 1.165) is 44.7 Å². The van der Waals surface area contributed by atoms with Crippen molar-refractivity contribution >= 4 is 29.9 Å². The Hall–Kier alpha value is -0.0800. The van der Waals surface area contributed by atoms with Crippen molar-refractivity contribution in [2.75, 3.05) is 39.4 Å². The number of nitrogens with one attached hydrogen (secondary N) is 2. The second-order valence-electron chi connectivity index (χ2n) is 7.65. The van der Waals surface area contributed by atoms with Gasteiger partial charge >= 0.3 is 0 Å². The lowest BCUT2D eigenvalue weighted by molar-refractivity contribution is 0.109. The molecule has 148 valence electrons. The van der Waals surface area contributed by atoms with Crippen LogP contribution >= 0.6 is 24.0 Å². The summed E-state index contributed by atoms with van der Waals surface area (Å²) in [6, 6.07) is 1.38. The maximum absolute atomic E-state index is 5.62. The van der Waals surface area contributed by atoms with E-state index in [-0.39, 0.29) is 24.0 Å². The van der Waals surface area contributed by atoms with Crippen molar-refractivity contribution < 1.29 is 4.74 Å². The van der Waals surface area contributed by atoms with Gasteiger partial charge in [0.2, 0.25) is 0 Å². The molecular formula is C19H39IN4O. The molecule has 0 amide bonds. The van der Waals surface area contributed by atoms with Crippen LogP contribution in [0.4, 0.5) is 0 Å². The number of aliphatic imine (C=N–C) groups is 1. The number of rotatable bonds is 9. The Morgan fingerprint density at radius 3 is 2.68 bits per heavy atom. The van der Waals surface area contributed by atoms with Gasteiger partial charge in [0, 0.05) is 51.5 Å². The highest BCUT2D eigenvalue weighted by Crippen LogP contribution is 2.26. The van der Waals surface area contributed by atoms with Crippen LogP contribution in [0.1, 0.15) is 59.3 Å². The summed E-state index contributed by atoms with van der Waals surface area (Å²) in [6.07, 6.45) is 7.86. The average Bonchev–Trinajstić information content (AvgIpc) is 3.21. The predicted octanol–water partition coefficient (Wildman–Crippen LogP) is 3.24. The lowest BCUT2D eigenvalue weighted by atomic mass is 10.2. The van der Waals surface area contributed by atoms with Crippen molar-refractivity contribution in [3.8, 4) is 0 Å². The van der Waals surface area contributed by atoms with Crippen LogP contribution in [-0.4, -0.2) is 62.3 Å². The molecule has 1 aliphatic carbocycles. The van der Waals surface area contributed by atoms with Crippen LogP contribution in [0.2, 0.25) is 0 Å². The summed E-state index contributed by atoms with van der Waals surface area (Å²) in [5, 5.41) is 7.02. The minimum atomic E-state index is 0. The Morgan fingerprint density at radius 2 is 2.00 bits per heavy atom. The van der Waals surface area contributed by atoms with Crippen LogP contribution in [-0.2, 0) is 4.74 Å². The smallest absolute Gasteiger partial charge is 0.191 e. The van der Waals surface area contributed by atoms with Gasteiger partial charge in [0.15, 0.2) is 5.96 Å². The molecule has 5 nitrogen and oxygen atoms in total. The molecular weight excluding hydrogens is 427 g/mol. The van der Waals surface area contributed by atoms with E-state index >= 15 is 0 Å². The molecule has 0 aromatic heterocycles. The highest BCUT2D eigenvalue weighted by atomic mass is 127. The first kappa shape index (κ1) is 23.0. The molecule has 1 unspecified atom stereocenters. The summed E-state index contributed by atoms with van der Waals surface area (Å²) in [6.45, 7) is 12.3. The molecule has 0 spiro atoms. The van der Waals surface area contributed by atoms with E-state index in [2.05, 4.69) is 36.3 Å². The van der Waals surface area contributed by atoms with Gasteiger partial charge in [0.1, 0.15) is 0 Å². The van der Waals surface area contributed by atoms with Crippen molar-refractivity contribution in [1.29, 1.82) is 0 Å². The molecule has 1 atom stereocenters. The van der Waals surface area contributed by atoms with E-state index in [9.17, 15) is 0 Å². The van der Waals surface area contributed by atoms with Crippen LogP contribution in [0.5, 0.6) is 0 Å². The van der Waals surface area contributed by atoms with Gasteiger partial charge in [0.25, 0.3) is 0 Å². The first-order valence-corrected chi connectivity index (χ1v) is 10.1. The Bertz CT molecular complexity index is 372. The second-order valence-corrected chi connectivity index (χ2v) is 7.65. The summed E-state index contributed by atoms with van der Waals surface area (Å²) >= 11 is 0. The number of ether oxygens (including phenoxy) is 1. The molecule has 0 bridgehead atoms. The average molecular weight is 466 g/mol. The van der Waals surface area contributed by atoms with Gasteiger partial charge in [-0.25, -0.2) is 0 Å². The Labute approximate surface area is 171 Å². The lowest BCUT2D eigenvalue weighted by Gasteiger charge is -2.24. The van der Waals surface area contributed by atoms with E-state index in [1.165, 1.54) is 45.2 Å². The monoisotopic (exact) mass is 466 g/mol. The van der Waals surface area contributed by atoms with Gasteiger partial charge in [-0.1, -0.05) is 26.7 Å². The molecule has 0 aromatic carbocycles. The highest BCUT2D eigenvalue weighted by Gasteiger charge is 2.30. The van der Waals surface area contributed by atoms with Crippen molar-refractivity contribution in [3.63, 3.8) is 0 Å². The molecule has 1 saturated heterocycles. The number of hydrogen-bond acceptors (Lipinski definition) is 3. The number of guanidine groups is 1. The van der Waals surface area contributed by atoms with Gasteiger partial charge in [0.05, 0.1) is 0 Å². The van der Waals surface area contributed by atoms with Crippen LogP contribution < -0.4 is 10.6 Å². The van der Waals surface area contributed by atoms with Crippen LogP contribution in [0.15, 0.2) is 4.99 Å². The van der Waals surface area contributed by atoms with Crippen LogP contribution in [0.25, 0.3) is 0 Å². The maximum atomic E-state index is 5.62. The van der Waals surface area contributed by atoms with Gasteiger partial charge < -0.3 is 15.4 Å². The van der Waals surface area contributed by atoms with E-state index in [1.54, 1.807) is 0 Å². The minimum Gasteiger partial charge on any atom is -0.381 e. The van der Waals surface area contributed by atoms with Crippen molar-refractivity contribution in [3.05, 3.63) is 0 Å². The Balaban J connectivity index is 0.00000312. The third-order valence-electron chi connectivity index (χ3n) is 4.91. The number of halogens is 1. The zero-order valence-electron chi connectivity index (χ0n) is 16.4. The Kier molecular flexibility index (Phi) is 12.1. The van der Waals surface area contributed by atoms with Crippen molar-refractivity contribution in [1.82, 2.24) is 15.5 Å². The number of nitrogens with zero attached hydrogens (tertiary/aromatic N) is 2. The standard InChI is InChI=1S/C19H38N4O.HI/c1-4-20-19(21-11-7-13-24-15-16(2)3)22-17-10-12-23(14-17)18-8-5-6-9-18;/h16-18H,4-15H2,1-3H3,(H2,20,21,22);1H. The Morgan fingerprint density at radius 1 is 1.24 bits per heavy atom. The third kappa shape index (κ3) is 8.91. The topological polar surface area (TPSA) is 48.9 Å². The molecule has 2 fully saturated rings. The van der Waals surface area contributed by atoms with Gasteiger partial charge in [-0.15, -0.1) is 24.0 Å². The molecule has 2 N–H and O–H groups in total. The van der Waals surface area contributed by atoms with Gasteiger partial charge in [-0.05, 0) is 38.5 Å². The molecule has 6 heteroatoms. The normalized spacial score (nSPS) is 22.4. The zero-order valence-corrected chi connectivity index (χ0v) is 18.8. The molecule has 1 heterocycles. The first-order valence-electron chi connectivity index (χ1n) is 10.1. The second kappa shape index (κ2) is 13.1. The summed E-state index contributed by atoms with van der Waals surface area (Å²) in [5.74, 6) is 1.58. The molecule has 2 aliphatic rings. The lowest BCUT2D eigenvalue weighted by Crippen LogP contribution is -2.45. The van der Waals surface area contributed by atoms with E-state index in [0.29, 0.717) is 12.0 Å². The van der Waals surface area contributed by atoms with Crippen molar-refractivity contribution in [2.24, 2.45) is 10.9 Å². The quantitative estimate of drug-likeness (QED) is 0.237. The summed E-state index contributed by atoms with van der Waals surface area (Å²) < 4.78 is 5.62. The van der Waals surface area contributed by atoms with E-state index < -0.39 is 0 Å². The predicted molar refractivity (Wildman–Crippen MR) is 117 cm³/mol. The van der Waals surface area contributed by atoms with Gasteiger partial charge in [-0.2, -0.15) is 0 Å². The van der Waals surface area contributed by atoms with Crippen LogP contribution in [0, 0.1) is 5.92 Å². The fraction of sp³-hybridized carbons (Fsp3) is 0.947. The summed E-state index contributed by atoms with van der Waals surface area (Å²) in [7, 11) is 0. The van der Waals surface area contributed by atoms with Crippen LogP contribution in [0.3, 0.4) is 0 Å². The first-order chi connectivity index (χ1) is 11.7. The fourth-order valence-corrected chi connectivity index (χ4v) is 3.70. The number of likely N-dealkylation sites (tertiary alicyclic amines) is 1. The maximum Gasteiger partial charge on any atom is 0.191 e. The fourth-order valence-electron chi connectivity index (χ4n) is 3.70. The molecule has 1 aliphatic heterocycles. The SMILES string of the molecule is CCNC(=NCCCOCC(C)C)NC1CCN(C2CCCC2)C1.I. The van der Waals surface area contributed by atoms with E-state index in [1.807, 2.05) is 0 Å². The number of hydrogen-bond donors (Lipinski definition) is 2. The van der Waals surface area contributed by atoms with Gasteiger partial charge in [-0.3, -0.25) is 9.89 Å². The molecule has 0 aromatic rings. The third-order valence-corrected chi connectivity index (χ3v) is 4.91. The molecule has 1 saturated carbocycles. The minimum absolute atomic E-state index is 0. The van der Waals surface area contributed by atoms with Crippen molar-refractivity contribution in [2.45, 2.75) is 71.4 Å². The zero-order chi connectivity index (χ0) is 17.2. The summed E-state index contributed by atoms with van der Waals surface area (Å²) in [4.78, 5) is 7.40. The molecule has 2 rings (SSSR count). The summed E-state index contributed by atoms with van der Waals surface area (Å²) in [5.41, 5.74) is 0. The molecule has 25 heavy (non-hydrogen) atoms. The molecule has 0 radical (unpaired) electrons. The highest BCUT2D eigenvalue weighted by molar-refractivity contribution is 14.0.